The zero-order valence-electron chi connectivity index (χ0n) is 8.50. The fraction of sp³-hybridized carbons (Fsp3) is 0.667. The van der Waals surface area contributed by atoms with Crippen LogP contribution >= 0.6 is 11.3 Å². The molecule has 0 spiro atoms. The number of rotatable bonds is 6. The minimum absolute atomic E-state index is 0.00147. The van der Waals surface area contributed by atoms with Crippen LogP contribution in [0.2, 0.25) is 0 Å². The van der Waals surface area contributed by atoms with Gasteiger partial charge in [0.1, 0.15) is 0 Å². The van der Waals surface area contributed by atoms with E-state index in [-0.39, 0.29) is 4.87 Å². The lowest BCUT2D eigenvalue weighted by Gasteiger charge is -2.14. The number of aromatic amines is 1. The van der Waals surface area contributed by atoms with Gasteiger partial charge in [0.05, 0.1) is 6.61 Å². The van der Waals surface area contributed by atoms with E-state index in [9.17, 15) is 4.79 Å². The number of hydrogen-bond donors (Lipinski definition) is 2. The summed E-state index contributed by atoms with van der Waals surface area (Å²) >= 11 is 1.19. The Morgan fingerprint density at radius 1 is 1.71 bits per heavy atom. The summed E-state index contributed by atoms with van der Waals surface area (Å²) in [6, 6.07) is 0.350. The highest BCUT2D eigenvalue weighted by Crippen LogP contribution is 1.97. The van der Waals surface area contributed by atoms with Gasteiger partial charge in [-0.15, -0.1) is 0 Å². The van der Waals surface area contributed by atoms with E-state index >= 15 is 0 Å². The molecule has 0 saturated heterocycles. The summed E-state index contributed by atoms with van der Waals surface area (Å²) in [5.41, 5.74) is 0.939. The molecule has 0 bridgehead atoms. The van der Waals surface area contributed by atoms with Gasteiger partial charge >= 0.3 is 4.87 Å². The van der Waals surface area contributed by atoms with Crippen molar-refractivity contribution in [1.29, 1.82) is 0 Å². The van der Waals surface area contributed by atoms with Crippen LogP contribution < -0.4 is 10.2 Å². The molecule has 1 aromatic rings. The van der Waals surface area contributed by atoms with E-state index in [1.807, 2.05) is 5.38 Å². The molecule has 0 fully saturated rings. The first-order chi connectivity index (χ1) is 6.76. The molecule has 0 aliphatic heterocycles. The summed E-state index contributed by atoms with van der Waals surface area (Å²) in [6.07, 6.45) is 1.02. The van der Waals surface area contributed by atoms with Gasteiger partial charge in [-0.2, -0.15) is 0 Å². The Balaban J connectivity index is 2.35. The molecule has 1 rings (SSSR count). The maximum absolute atomic E-state index is 10.8. The van der Waals surface area contributed by atoms with Gasteiger partial charge in [0, 0.05) is 30.8 Å². The highest BCUT2D eigenvalue weighted by Gasteiger charge is 2.05. The summed E-state index contributed by atoms with van der Waals surface area (Å²) in [4.78, 5) is 13.6. The minimum atomic E-state index is 0.00147. The largest absolute Gasteiger partial charge is 0.383 e. The molecule has 5 heteroatoms. The van der Waals surface area contributed by atoms with Gasteiger partial charge in [-0.3, -0.25) is 4.79 Å². The molecule has 2 N–H and O–H groups in total. The zero-order valence-corrected chi connectivity index (χ0v) is 9.32. The van der Waals surface area contributed by atoms with Gasteiger partial charge < -0.3 is 15.0 Å². The minimum Gasteiger partial charge on any atom is -0.383 e. The van der Waals surface area contributed by atoms with Crippen LogP contribution in [0.15, 0.2) is 10.2 Å². The molecule has 80 valence electrons. The van der Waals surface area contributed by atoms with Crippen LogP contribution in [-0.2, 0) is 11.3 Å². The van der Waals surface area contributed by atoms with E-state index < -0.39 is 0 Å². The first-order valence-corrected chi connectivity index (χ1v) is 5.53. The van der Waals surface area contributed by atoms with Crippen molar-refractivity contribution in [2.75, 3.05) is 13.7 Å². The summed E-state index contributed by atoms with van der Waals surface area (Å²) < 4.78 is 5.06. The van der Waals surface area contributed by atoms with Gasteiger partial charge in [-0.25, -0.2) is 0 Å². The Morgan fingerprint density at radius 2 is 2.50 bits per heavy atom. The molecule has 14 heavy (non-hydrogen) atoms. The van der Waals surface area contributed by atoms with Crippen molar-refractivity contribution in [2.24, 2.45) is 0 Å². The quantitative estimate of drug-likeness (QED) is 0.744. The van der Waals surface area contributed by atoms with Crippen LogP contribution in [0, 0.1) is 0 Å². The maximum atomic E-state index is 10.8. The van der Waals surface area contributed by atoms with Crippen molar-refractivity contribution < 1.29 is 4.74 Å². The number of thiazole rings is 1. The molecule has 1 heterocycles. The fourth-order valence-electron chi connectivity index (χ4n) is 1.18. The van der Waals surface area contributed by atoms with Crippen LogP contribution in [0.5, 0.6) is 0 Å². The molecule has 0 aromatic carbocycles. The summed E-state index contributed by atoms with van der Waals surface area (Å²) in [6.45, 7) is 3.50. The van der Waals surface area contributed by atoms with Crippen LogP contribution in [0.3, 0.4) is 0 Å². The first-order valence-electron chi connectivity index (χ1n) is 4.65. The average molecular weight is 216 g/mol. The number of H-pyrrole nitrogens is 1. The highest BCUT2D eigenvalue weighted by atomic mass is 32.1. The second kappa shape index (κ2) is 5.95. The maximum Gasteiger partial charge on any atom is 0.304 e. The Morgan fingerprint density at radius 3 is 3.00 bits per heavy atom. The molecule has 1 unspecified atom stereocenters. The van der Waals surface area contributed by atoms with Crippen LogP contribution in [-0.4, -0.2) is 24.7 Å². The second-order valence-electron chi connectivity index (χ2n) is 3.11. The Kier molecular flexibility index (Phi) is 4.86. The van der Waals surface area contributed by atoms with Crippen molar-refractivity contribution in [1.82, 2.24) is 10.3 Å². The molecule has 0 aliphatic carbocycles. The van der Waals surface area contributed by atoms with Gasteiger partial charge in [0.2, 0.25) is 0 Å². The molecular formula is C9H16N2O2S. The van der Waals surface area contributed by atoms with E-state index in [4.69, 9.17) is 4.74 Å². The van der Waals surface area contributed by atoms with Crippen LogP contribution in [0.25, 0.3) is 0 Å². The van der Waals surface area contributed by atoms with E-state index in [0.29, 0.717) is 19.2 Å². The zero-order chi connectivity index (χ0) is 10.4. The number of methoxy groups -OCH3 is 1. The van der Waals surface area contributed by atoms with Gasteiger partial charge in [-0.05, 0) is 6.42 Å². The number of nitrogens with one attached hydrogen (secondary N) is 2. The third-order valence-electron chi connectivity index (χ3n) is 2.01. The molecule has 1 aromatic heterocycles. The predicted molar refractivity (Wildman–Crippen MR) is 57.7 cm³/mol. The van der Waals surface area contributed by atoms with E-state index in [1.165, 1.54) is 11.3 Å². The number of ether oxygens (including phenoxy) is 1. The summed E-state index contributed by atoms with van der Waals surface area (Å²) in [7, 11) is 1.69. The van der Waals surface area contributed by atoms with Gasteiger partial charge in [0.15, 0.2) is 0 Å². The Hall–Kier alpha value is -0.650. The first kappa shape index (κ1) is 11.4. The Bertz CT molecular complexity index is 308. The van der Waals surface area contributed by atoms with E-state index in [0.717, 1.165) is 12.1 Å². The molecule has 0 amide bonds. The third kappa shape index (κ3) is 3.61. The number of hydrogen-bond acceptors (Lipinski definition) is 4. The molecule has 1 atom stereocenters. The molecule has 0 radical (unpaired) electrons. The molecular weight excluding hydrogens is 200 g/mol. The molecule has 4 nitrogen and oxygen atoms in total. The lowest BCUT2D eigenvalue weighted by Crippen LogP contribution is -2.32. The third-order valence-corrected chi connectivity index (χ3v) is 2.73. The standard InChI is InChI=1S/C9H16N2O2S/c1-3-7(5-13-2)10-4-8-6-14-9(12)11-8/h6-7,10H,3-5H2,1-2H3,(H,11,12). The smallest absolute Gasteiger partial charge is 0.304 e. The van der Waals surface area contributed by atoms with Crippen molar-refractivity contribution in [3.05, 3.63) is 20.7 Å². The monoisotopic (exact) mass is 216 g/mol. The molecule has 0 aliphatic rings. The van der Waals surface area contributed by atoms with Crippen molar-refractivity contribution in [3.8, 4) is 0 Å². The summed E-state index contributed by atoms with van der Waals surface area (Å²) in [5, 5.41) is 5.15. The van der Waals surface area contributed by atoms with Crippen LogP contribution in [0.1, 0.15) is 19.0 Å². The van der Waals surface area contributed by atoms with Gasteiger partial charge in [-0.1, -0.05) is 18.3 Å². The fourth-order valence-corrected chi connectivity index (χ4v) is 1.76. The summed E-state index contributed by atoms with van der Waals surface area (Å²) in [5.74, 6) is 0. The van der Waals surface area contributed by atoms with Crippen molar-refractivity contribution >= 4 is 11.3 Å². The Labute approximate surface area is 87.3 Å². The predicted octanol–water partition coefficient (Wildman–Crippen LogP) is 0.951. The SMILES string of the molecule is CCC(COC)NCc1csc(=O)[nH]1. The second-order valence-corrected chi connectivity index (χ2v) is 3.96. The highest BCUT2D eigenvalue weighted by molar-refractivity contribution is 7.07. The normalized spacial score (nSPS) is 13.0. The van der Waals surface area contributed by atoms with E-state index in [2.05, 4.69) is 17.2 Å². The lowest BCUT2D eigenvalue weighted by molar-refractivity contribution is 0.163. The van der Waals surface area contributed by atoms with Crippen molar-refractivity contribution in [3.63, 3.8) is 0 Å². The average Bonchev–Trinajstić information content (AvgIpc) is 2.59. The lowest BCUT2D eigenvalue weighted by atomic mass is 10.2. The van der Waals surface area contributed by atoms with Gasteiger partial charge in [0.25, 0.3) is 0 Å². The number of aromatic nitrogens is 1. The topological polar surface area (TPSA) is 54.1 Å². The van der Waals surface area contributed by atoms with E-state index in [1.54, 1.807) is 7.11 Å². The van der Waals surface area contributed by atoms with Crippen LogP contribution in [0.4, 0.5) is 0 Å². The van der Waals surface area contributed by atoms with Crippen molar-refractivity contribution in [2.45, 2.75) is 25.9 Å². The molecule has 0 saturated carbocycles.